The Hall–Kier alpha value is -2.36. The molecule has 24 heavy (non-hydrogen) atoms. The van der Waals surface area contributed by atoms with Crippen molar-refractivity contribution in [2.24, 2.45) is 15.4 Å². The second kappa shape index (κ2) is 7.47. The fraction of sp³-hybridized carbons (Fsp3) is 0.357. The molecule has 1 amide bonds. The molecule has 0 aliphatic carbocycles. The third kappa shape index (κ3) is 3.75. The van der Waals surface area contributed by atoms with Gasteiger partial charge in [0.2, 0.25) is 0 Å². The van der Waals surface area contributed by atoms with E-state index < -0.39 is 12.1 Å². The lowest BCUT2D eigenvalue weighted by Crippen LogP contribution is -2.50. The van der Waals surface area contributed by atoms with E-state index in [-0.39, 0.29) is 22.8 Å². The zero-order chi connectivity index (χ0) is 17.9. The Morgan fingerprint density at radius 3 is 2.79 bits per heavy atom. The Bertz CT molecular complexity index is 733. The van der Waals surface area contributed by atoms with Gasteiger partial charge in [0.25, 0.3) is 5.91 Å². The Balaban J connectivity index is 2.04. The molecule has 0 bridgehead atoms. The highest BCUT2D eigenvalue weighted by Crippen LogP contribution is 2.30. The molecule has 128 valence electrons. The maximum atomic E-state index is 12.2. The summed E-state index contributed by atoms with van der Waals surface area (Å²) in [6.45, 7) is 3.53. The molecule has 0 spiro atoms. The lowest BCUT2D eigenvalue weighted by Gasteiger charge is -2.28. The summed E-state index contributed by atoms with van der Waals surface area (Å²) in [6, 6.07) is 3.07. The molecule has 1 atom stereocenters. The van der Waals surface area contributed by atoms with Crippen LogP contribution in [0.5, 0.6) is 0 Å². The van der Waals surface area contributed by atoms with Crippen molar-refractivity contribution in [3.8, 4) is 0 Å². The minimum Gasteiger partial charge on any atom is -0.368 e. The number of carbonyl (C=O) groups excluding carboxylic acids is 1. The van der Waals surface area contributed by atoms with E-state index >= 15 is 0 Å². The van der Waals surface area contributed by atoms with Gasteiger partial charge in [-0.25, -0.2) is 5.43 Å². The molecular weight excluding hydrogens is 336 g/mol. The lowest BCUT2D eigenvalue weighted by atomic mass is 10.1. The Morgan fingerprint density at radius 1 is 1.42 bits per heavy atom. The molecule has 1 aliphatic heterocycles. The fourth-order valence-electron chi connectivity index (χ4n) is 2.11. The predicted octanol–water partition coefficient (Wildman–Crippen LogP) is 1.32. The molecule has 0 radical (unpaired) electrons. The number of benzene rings is 1. The summed E-state index contributed by atoms with van der Waals surface area (Å²) in [4.78, 5) is 24.6. The summed E-state index contributed by atoms with van der Waals surface area (Å²) in [7, 11) is 1.65. The predicted molar refractivity (Wildman–Crippen MR) is 91.4 cm³/mol. The number of aliphatic hydroxyl groups excluding tert-OH is 1. The van der Waals surface area contributed by atoms with Crippen LogP contribution in [-0.4, -0.2) is 47.3 Å². The number of likely N-dealkylation sites (N-methyl/N-ethyl adjacent to an activating group) is 1. The number of halogens is 1. The van der Waals surface area contributed by atoms with Crippen LogP contribution in [0.4, 0.5) is 5.69 Å². The Labute approximate surface area is 143 Å². The summed E-state index contributed by atoms with van der Waals surface area (Å²) < 4.78 is 0. The molecule has 1 aromatic carbocycles. The minimum atomic E-state index is -0.864. The zero-order valence-corrected chi connectivity index (χ0v) is 14.1. The molecule has 0 aromatic heterocycles. The highest BCUT2D eigenvalue weighted by molar-refractivity contribution is 6.34. The number of nitroso groups, excluding NO2 is 1. The second-order valence-corrected chi connectivity index (χ2v) is 5.69. The van der Waals surface area contributed by atoms with E-state index in [4.69, 9.17) is 11.6 Å². The van der Waals surface area contributed by atoms with Crippen LogP contribution in [0.2, 0.25) is 5.02 Å². The Kier molecular flexibility index (Phi) is 5.60. The SMILES string of the molecule is CC1=NN=C(CNNC(=O)c2cc(C)cc(Cl)c2N=O)N(C)C1O. The van der Waals surface area contributed by atoms with E-state index in [1.54, 1.807) is 27.0 Å². The number of amidine groups is 1. The third-order valence-corrected chi connectivity index (χ3v) is 3.75. The van der Waals surface area contributed by atoms with Gasteiger partial charge in [0.05, 0.1) is 22.8 Å². The van der Waals surface area contributed by atoms with Crippen molar-refractivity contribution in [1.29, 1.82) is 0 Å². The average Bonchev–Trinajstić information content (AvgIpc) is 2.54. The van der Waals surface area contributed by atoms with Gasteiger partial charge in [-0.3, -0.25) is 10.2 Å². The molecule has 0 saturated heterocycles. The topological polar surface area (TPSA) is 119 Å². The standard InChI is InChI=1S/C14H17ClN6O3/c1-7-4-9(12(20-24)10(15)5-7)13(22)19-16-6-11-18-17-8(2)14(23)21(11)3/h4-5,14,16,23H,6H2,1-3H3,(H,19,22). The molecule has 2 rings (SSSR count). The smallest absolute Gasteiger partial charge is 0.267 e. The summed E-state index contributed by atoms with van der Waals surface area (Å²) in [5.74, 6) is -0.126. The van der Waals surface area contributed by atoms with E-state index in [0.29, 0.717) is 11.5 Å². The first kappa shape index (κ1) is 18.0. The van der Waals surface area contributed by atoms with Crippen molar-refractivity contribution in [2.45, 2.75) is 20.1 Å². The number of nitrogens with zero attached hydrogens (tertiary/aromatic N) is 4. The van der Waals surface area contributed by atoms with Gasteiger partial charge in [-0.15, -0.1) is 10.0 Å². The van der Waals surface area contributed by atoms with Gasteiger partial charge in [-0.1, -0.05) is 11.6 Å². The average molecular weight is 353 g/mol. The molecule has 0 saturated carbocycles. The summed E-state index contributed by atoms with van der Waals surface area (Å²) in [6.07, 6.45) is -0.864. The second-order valence-electron chi connectivity index (χ2n) is 5.28. The van der Waals surface area contributed by atoms with Crippen LogP contribution in [0.3, 0.4) is 0 Å². The molecule has 1 heterocycles. The van der Waals surface area contributed by atoms with Crippen molar-refractivity contribution in [3.63, 3.8) is 0 Å². The highest BCUT2D eigenvalue weighted by Gasteiger charge is 2.22. The maximum Gasteiger partial charge on any atom is 0.267 e. The van der Waals surface area contributed by atoms with Crippen molar-refractivity contribution in [3.05, 3.63) is 33.2 Å². The van der Waals surface area contributed by atoms with Crippen LogP contribution < -0.4 is 10.9 Å². The van der Waals surface area contributed by atoms with Gasteiger partial charge in [0, 0.05) is 7.05 Å². The molecular formula is C14H17ClN6O3. The van der Waals surface area contributed by atoms with Crippen molar-refractivity contribution >= 4 is 34.7 Å². The fourth-order valence-corrected chi connectivity index (χ4v) is 2.42. The third-order valence-electron chi connectivity index (χ3n) is 3.46. The van der Waals surface area contributed by atoms with Crippen LogP contribution in [0, 0.1) is 11.8 Å². The Morgan fingerprint density at radius 2 is 2.12 bits per heavy atom. The van der Waals surface area contributed by atoms with Crippen LogP contribution in [0.15, 0.2) is 27.5 Å². The number of amides is 1. The van der Waals surface area contributed by atoms with Gasteiger partial charge in [-0.2, -0.15) is 5.10 Å². The first-order valence-electron chi connectivity index (χ1n) is 7.03. The number of aliphatic hydroxyl groups is 1. The van der Waals surface area contributed by atoms with E-state index in [1.165, 1.54) is 11.0 Å². The first-order chi connectivity index (χ1) is 11.3. The summed E-state index contributed by atoms with van der Waals surface area (Å²) in [5.41, 5.74) is 6.25. The van der Waals surface area contributed by atoms with E-state index in [9.17, 15) is 14.8 Å². The van der Waals surface area contributed by atoms with E-state index in [2.05, 4.69) is 26.2 Å². The molecule has 10 heteroatoms. The molecule has 3 N–H and O–H groups in total. The van der Waals surface area contributed by atoms with E-state index in [0.717, 1.165) is 5.56 Å². The summed E-state index contributed by atoms with van der Waals surface area (Å²) in [5, 5.41) is 20.6. The van der Waals surface area contributed by atoms with Gasteiger partial charge < -0.3 is 10.0 Å². The van der Waals surface area contributed by atoms with Gasteiger partial charge in [-0.05, 0) is 36.7 Å². The number of aryl methyl sites for hydroxylation is 1. The summed E-state index contributed by atoms with van der Waals surface area (Å²) >= 11 is 5.92. The van der Waals surface area contributed by atoms with Crippen molar-refractivity contribution < 1.29 is 9.90 Å². The number of hydrazine groups is 1. The van der Waals surface area contributed by atoms with Gasteiger partial charge in [0.1, 0.15) is 11.5 Å². The lowest BCUT2D eigenvalue weighted by molar-refractivity contribution is 0.0935. The quantitative estimate of drug-likeness (QED) is 0.545. The van der Waals surface area contributed by atoms with Gasteiger partial charge >= 0.3 is 0 Å². The molecule has 1 unspecified atom stereocenters. The van der Waals surface area contributed by atoms with Crippen LogP contribution in [0.25, 0.3) is 0 Å². The van der Waals surface area contributed by atoms with Crippen LogP contribution in [0.1, 0.15) is 22.8 Å². The van der Waals surface area contributed by atoms with E-state index in [1.807, 2.05) is 0 Å². The molecule has 1 aromatic rings. The number of hydrogen-bond donors (Lipinski definition) is 3. The zero-order valence-electron chi connectivity index (χ0n) is 13.4. The first-order valence-corrected chi connectivity index (χ1v) is 7.41. The largest absolute Gasteiger partial charge is 0.368 e. The van der Waals surface area contributed by atoms with Crippen LogP contribution >= 0.6 is 11.6 Å². The molecule has 0 fully saturated rings. The normalized spacial score (nSPS) is 17.2. The number of nitrogens with one attached hydrogen (secondary N) is 2. The molecule has 9 nitrogen and oxygen atoms in total. The highest BCUT2D eigenvalue weighted by atomic mass is 35.5. The number of carbonyl (C=O) groups is 1. The monoisotopic (exact) mass is 352 g/mol. The minimum absolute atomic E-state index is 0.0651. The van der Waals surface area contributed by atoms with Crippen LogP contribution in [-0.2, 0) is 0 Å². The van der Waals surface area contributed by atoms with Crippen molar-refractivity contribution in [1.82, 2.24) is 15.8 Å². The number of hydrogen-bond acceptors (Lipinski definition) is 8. The number of rotatable bonds is 5. The van der Waals surface area contributed by atoms with Gasteiger partial charge in [0.15, 0.2) is 6.23 Å². The van der Waals surface area contributed by atoms with Crippen molar-refractivity contribution in [2.75, 3.05) is 13.6 Å². The maximum absolute atomic E-state index is 12.2. The molecule has 1 aliphatic rings.